The van der Waals surface area contributed by atoms with Crippen LogP contribution in [0.25, 0.3) is 0 Å². The number of rotatable bonds is 6. The molecule has 0 aromatic heterocycles. The van der Waals surface area contributed by atoms with Gasteiger partial charge in [-0.2, -0.15) is 0 Å². The summed E-state index contributed by atoms with van der Waals surface area (Å²) in [6.45, 7) is 0. The summed E-state index contributed by atoms with van der Waals surface area (Å²) in [6, 6.07) is 30.6. The van der Waals surface area contributed by atoms with Crippen LogP contribution in [0.15, 0.2) is 107 Å². The van der Waals surface area contributed by atoms with E-state index in [0.29, 0.717) is 22.9 Å². The molecule has 4 nitrogen and oxygen atoms in total. The van der Waals surface area contributed by atoms with Gasteiger partial charge in [0.05, 0.1) is 21.2 Å². The van der Waals surface area contributed by atoms with Gasteiger partial charge in [-0.25, -0.2) is 0 Å². The first kappa shape index (κ1) is 18.8. The van der Waals surface area contributed by atoms with E-state index in [1.807, 2.05) is 97.1 Å². The van der Waals surface area contributed by atoms with E-state index < -0.39 is 0 Å². The first-order chi connectivity index (χ1) is 14.2. The van der Waals surface area contributed by atoms with E-state index >= 15 is 0 Å². The van der Waals surface area contributed by atoms with Gasteiger partial charge in [-0.3, -0.25) is 0 Å². The Morgan fingerprint density at radius 1 is 0.448 bits per heavy atom. The van der Waals surface area contributed by atoms with E-state index in [2.05, 4.69) is 0 Å². The van der Waals surface area contributed by atoms with Crippen LogP contribution in [0.5, 0.6) is 23.0 Å². The topological polar surface area (TPSA) is 70.5 Å². The molecule has 0 fully saturated rings. The van der Waals surface area contributed by atoms with Crippen molar-refractivity contribution in [1.29, 1.82) is 0 Å². The highest BCUT2D eigenvalue weighted by Gasteiger charge is 2.12. The van der Waals surface area contributed by atoms with Crippen LogP contribution in [0.3, 0.4) is 0 Å². The second kappa shape index (κ2) is 8.63. The molecule has 0 aliphatic carbocycles. The van der Waals surface area contributed by atoms with Crippen LogP contribution < -0.4 is 20.9 Å². The monoisotopic (exact) mass is 400 g/mol. The Bertz CT molecular complexity index is 1040. The molecule has 0 spiro atoms. The summed E-state index contributed by atoms with van der Waals surface area (Å²) < 4.78 is 12.2. The highest BCUT2D eigenvalue weighted by atomic mass is 32.2. The fraction of sp³-hybridized carbons (Fsp3) is 0. The molecule has 0 aliphatic heterocycles. The maximum absolute atomic E-state index is 6.08. The van der Waals surface area contributed by atoms with E-state index in [4.69, 9.17) is 20.9 Å². The van der Waals surface area contributed by atoms with E-state index in [-0.39, 0.29) is 0 Å². The van der Waals surface area contributed by atoms with Crippen molar-refractivity contribution in [3.05, 3.63) is 97.1 Å². The average molecular weight is 401 g/mol. The molecule has 0 unspecified atom stereocenters. The lowest BCUT2D eigenvalue weighted by Gasteiger charge is -2.15. The molecular formula is C24H20N2O2S. The lowest BCUT2D eigenvalue weighted by molar-refractivity contribution is 0.471. The third kappa shape index (κ3) is 4.47. The Labute approximate surface area is 174 Å². The third-order valence-electron chi connectivity index (χ3n) is 4.20. The molecule has 29 heavy (non-hydrogen) atoms. The molecule has 0 amide bonds. The van der Waals surface area contributed by atoms with Crippen LogP contribution in [0.4, 0.5) is 11.4 Å². The van der Waals surface area contributed by atoms with Gasteiger partial charge in [0.15, 0.2) is 0 Å². The van der Waals surface area contributed by atoms with Crippen LogP contribution in [-0.2, 0) is 0 Å². The summed E-state index contributed by atoms with van der Waals surface area (Å²) in [5.41, 5.74) is 13.2. The summed E-state index contributed by atoms with van der Waals surface area (Å²) in [4.78, 5) is 1.90. The zero-order valence-corrected chi connectivity index (χ0v) is 16.4. The zero-order chi connectivity index (χ0) is 20.1. The molecular weight excluding hydrogens is 380 g/mol. The lowest BCUT2D eigenvalue weighted by Crippen LogP contribution is -1.94. The minimum atomic E-state index is 0.593. The molecule has 0 radical (unpaired) electrons. The summed E-state index contributed by atoms with van der Waals surface area (Å²) >= 11 is 1.56. The van der Waals surface area contributed by atoms with E-state index in [9.17, 15) is 0 Å². The van der Waals surface area contributed by atoms with Crippen molar-refractivity contribution in [2.75, 3.05) is 11.5 Å². The molecule has 144 valence electrons. The predicted octanol–water partition coefficient (Wildman–Crippen LogP) is 6.59. The molecule has 0 aliphatic rings. The third-order valence-corrected chi connectivity index (χ3v) is 5.31. The average Bonchev–Trinajstić information content (AvgIpc) is 2.74. The number of hydrogen-bond acceptors (Lipinski definition) is 5. The van der Waals surface area contributed by atoms with Crippen LogP contribution in [0.1, 0.15) is 0 Å². The maximum atomic E-state index is 6.08. The standard InChI is InChI=1S/C24H20N2O2S/c25-17-9-1-3-11-19(17)27-21-13-5-7-15-23(21)29-24-16-8-6-14-22(24)28-20-12-4-2-10-18(20)26/h1-16H,25-26H2. The van der Waals surface area contributed by atoms with Gasteiger partial charge in [0.25, 0.3) is 0 Å². The SMILES string of the molecule is Nc1ccccc1Oc1ccccc1Sc1ccccc1Oc1ccccc1N. The Kier molecular flexibility index (Phi) is 5.59. The number of anilines is 2. The van der Waals surface area contributed by atoms with Gasteiger partial charge in [-0.05, 0) is 48.5 Å². The second-order valence-electron chi connectivity index (χ2n) is 6.28. The van der Waals surface area contributed by atoms with Crippen molar-refractivity contribution >= 4 is 23.1 Å². The number of hydrogen-bond donors (Lipinski definition) is 2. The van der Waals surface area contributed by atoms with Crippen molar-refractivity contribution in [3.63, 3.8) is 0 Å². The molecule has 0 heterocycles. The lowest BCUT2D eigenvalue weighted by atomic mass is 10.3. The van der Waals surface area contributed by atoms with Crippen molar-refractivity contribution in [2.24, 2.45) is 0 Å². The maximum Gasteiger partial charge on any atom is 0.150 e. The minimum Gasteiger partial charge on any atom is -0.454 e. The van der Waals surface area contributed by atoms with Gasteiger partial charge in [-0.15, -0.1) is 0 Å². The van der Waals surface area contributed by atoms with E-state index in [0.717, 1.165) is 21.3 Å². The summed E-state index contributed by atoms with van der Waals surface area (Å²) in [5.74, 6) is 2.71. The number of nitrogen functional groups attached to an aromatic ring is 2. The first-order valence-electron chi connectivity index (χ1n) is 9.11. The van der Waals surface area contributed by atoms with Gasteiger partial charge < -0.3 is 20.9 Å². The summed E-state index contributed by atoms with van der Waals surface area (Å²) in [5, 5.41) is 0. The molecule has 4 aromatic carbocycles. The number of ether oxygens (including phenoxy) is 2. The molecule has 0 saturated heterocycles. The minimum absolute atomic E-state index is 0.593. The number of benzene rings is 4. The van der Waals surface area contributed by atoms with E-state index in [1.54, 1.807) is 11.8 Å². The van der Waals surface area contributed by atoms with Crippen LogP contribution in [-0.4, -0.2) is 0 Å². The first-order valence-corrected chi connectivity index (χ1v) is 9.93. The van der Waals surface area contributed by atoms with Crippen molar-refractivity contribution in [1.82, 2.24) is 0 Å². The van der Waals surface area contributed by atoms with E-state index in [1.165, 1.54) is 0 Å². The Hall–Kier alpha value is -3.57. The van der Waals surface area contributed by atoms with Crippen LogP contribution >= 0.6 is 11.8 Å². The molecule has 5 heteroatoms. The second-order valence-corrected chi connectivity index (χ2v) is 7.36. The molecule has 0 bridgehead atoms. The largest absolute Gasteiger partial charge is 0.454 e. The molecule has 4 N–H and O–H groups in total. The number of para-hydroxylation sites is 6. The fourth-order valence-electron chi connectivity index (χ4n) is 2.74. The Balaban J connectivity index is 1.62. The molecule has 4 rings (SSSR count). The van der Waals surface area contributed by atoms with Crippen molar-refractivity contribution in [2.45, 2.75) is 9.79 Å². The molecule has 0 atom stereocenters. The highest BCUT2D eigenvalue weighted by Crippen LogP contribution is 2.42. The van der Waals surface area contributed by atoms with Gasteiger partial charge >= 0.3 is 0 Å². The molecule has 0 saturated carbocycles. The Morgan fingerprint density at radius 2 is 0.793 bits per heavy atom. The van der Waals surface area contributed by atoms with Crippen LogP contribution in [0.2, 0.25) is 0 Å². The smallest absolute Gasteiger partial charge is 0.150 e. The summed E-state index contributed by atoms with van der Waals surface area (Å²) in [6.07, 6.45) is 0. The van der Waals surface area contributed by atoms with Gasteiger partial charge in [0.2, 0.25) is 0 Å². The highest BCUT2D eigenvalue weighted by molar-refractivity contribution is 7.99. The number of nitrogens with two attached hydrogens (primary N) is 2. The van der Waals surface area contributed by atoms with Crippen molar-refractivity contribution < 1.29 is 9.47 Å². The summed E-state index contributed by atoms with van der Waals surface area (Å²) in [7, 11) is 0. The van der Waals surface area contributed by atoms with Crippen molar-refractivity contribution in [3.8, 4) is 23.0 Å². The van der Waals surface area contributed by atoms with Gasteiger partial charge in [0.1, 0.15) is 23.0 Å². The van der Waals surface area contributed by atoms with Crippen LogP contribution in [0, 0.1) is 0 Å². The Morgan fingerprint density at radius 3 is 1.21 bits per heavy atom. The fourth-order valence-corrected chi connectivity index (χ4v) is 3.69. The van der Waals surface area contributed by atoms with Gasteiger partial charge in [0, 0.05) is 0 Å². The molecule has 4 aromatic rings. The predicted molar refractivity (Wildman–Crippen MR) is 119 cm³/mol. The zero-order valence-electron chi connectivity index (χ0n) is 15.6. The normalized spacial score (nSPS) is 10.5. The quantitative estimate of drug-likeness (QED) is 0.357. The van der Waals surface area contributed by atoms with Gasteiger partial charge in [-0.1, -0.05) is 60.3 Å².